The molecular weight excluding hydrogens is 372 g/mol. The first-order chi connectivity index (χ1) is 14.0. The number of esters is 1. The molecule has 2 amide bonds. The van der Waals surface area contributed by atoms with Gasteiger partial charge in [0.2, 0.25) is 5.91 Å². The van der Waals surface area contributed by atoms with Gasteiger partial charge in [0.25, 0.3) is 0 Å². The standard InChI is InChI=1S/C22H42N2O5/c1-5-9-12-13-17-28-21(26)19(15-11-7-3)23-20(25)18(14-10-6-2)24-22(27)29-16-8-4/h18-19H,5-17H2,1-4H3,(H,23,25)(H,24,27). The molecule has 29 heavy (non-hydrogen) atoms. The highest BCUT2D eigenvalue weighted by Crippen LogP contribution is 2.08. The van der Waals surface area contributed by atoms with Crippen molar-refractivity contribution >= 4 is 18.0 Å². The van der Waals surface area contributed by atoms with Gasteiger partial charge in [0, 0.05) is 0 Å². The molecule has 0 bridgehead atoms. The first-order valence-corrected chi connectivity index (χ1v) is 11.4. The number of carbonyl (C=O) groups is 3. The Labute approximate surface area is 176 Å². The Bertz CT molecular complexity index is 456. The van der Waals surface area contributed by atoms with E-state index in [1.165, 1.54) is 0 Å². The Morgan fingerprint density at radius 1 is 0.655 bits per heavy atom. The predicted molar refractivity (Wildman–Crippen MR) is 115 cm³/mol. The molecule has 2 N–H and O–H groups in total. The van der Waals surface area contributed by atoms with Gasteiger partial charge >= 0.3 is 12.1 Å². The van der Waals surface area contributed by atoms with Gasteiger partial charge in [-0.25, -0.2) is 9.59 Å². The molecule has 0 aromatic rings. The summed E-state index contributed by atoms with van der Waals surface area (Å²) in [5.74, 6) is -0.762. The van der Waals surface area contributed by atoms with Crippen LogP contribution in [-0.4, -0.2) is 43.3 Å². The smallest absolute Gasteiger partial charge is 0.407 e. The average molecular weight is 415 g/mol. The number of rotatable bonds is 17. The summed E-state index contributed by atoms with van der Waals surface area (Å²) in [6.45, 7) is 8.76. The number of carbonyl (C=O) groups excluding carboxylic acids is 3. The van der Waals surface area contributed by atoms with Crippen molar-refractivity contribution in [3.8, 4) is 0 Å². The molecule has 0 rings (SSSR count). The lowest BCUT2D eigenvalue weighted by Crippen LogP contribution is -2.52. The fourth-order valence-corrected chi connectivity index (χ4v) is 2.79. The Morgan fingerprint density at radius 3 is 1.86 bits per heavy atom. The number of alkyl carbamates (subject to hydrolysis) is 1. The number of nitrogens with one attached hydrogen (secondary N) is 2. The minimum absolute atomic E-state index is 0.303. The van der Waals surface area contributed by atoms with E-state index in [-0.39, 0.29) is 5.91 Å². The Balaban J connectivity index is 4.82. The summed E-state index contributed by atoms with van der Waals surface area (Å²) in [4.78, 5) is 37.1. The molecular formula is C22H42N2O5. The van der Waals surface area contributed by atoms with Crippen molar-refractivity contribution in [3.63, 3.8) is 0 Å². The Morgan fingerprint density at radius 2 is 1.28 bits per heavy atom. The third kappa shape index (κ3) is 13.9. The fraction of sp³-hybridized carbons (Fsp3) is 0.864. The van der Waals surface area contributed by atoms with E-state index in [9.17, 15) is 14.4 Å². The van der Waals surface area contributed by atoms with Gasteiger partial charge in [-0.1, -0.05) is 72.6 Å². The summed E-state index contributed by atoms with van der Waals surface area (Å²) in [7, 11) is 0. The van der Waals surface area contributed by atoms with Crippen LogP contribution >= 0.6 is 0 Å². The van der Waals surface area contributed by atoms with E-state index in [0.29, 0.717) is 32.5 Å². The van der Waals surface area contributed by atoms with Gasteiger partial charge in [-0.15, -0.1) is 0 Å². The number of hydrogen-bond acceptors (Lipinski definition) is 5. The molecule has 7 nitrogen and oxygen atoms in total. The first kappa shape index (κ1) is 27.2. The summed E-state index contributed by atoms with van der Waals surface area (Å²) in [5.41, 5.74) is 0. The van der Waals surface area contributed by atoms with Gasteiger partial charge in [0.05, 0.1) is 13.2 Å². The monoisotopic (exact) mass is 414 g/mol. The molecule has 0 saturated carbocycles. The number of ether oxygens (including phenoxy) is 2. The normalized spacial score (nSPS) is 12.7. The molecule has 0 heterocycles. The fourth-order valence-electron chi connectivity index (χ4n) is 2.79. The number of unbranched alkanes of at least 4 members (excludes halogenated alkanes) is 5. The highest BCUT2D eigenvalue weighted by Gasteiger charge is 2.27. The van der Waals surface area contributed by atoms with Crippen molar-refractivity contribution < 1.29 is 23.9 Å². The van der Waals surface area contributed by atoms with Gasteiger partial charge in [-0.2, -0.15) is 0 Å². The van der Waals surface area contributed by atoms with Crippen LogP contribution in [0.25, 0.3) is 0 Å². The summed E-state index contributed by atoms with van der Waals surface area (Å²) in [6.07, 6.45) is 8.63. The third-order valence-electron chi connectivity index (χ3n) is 4.58. The van der Waals surface area contributed by atoms with Gasteiger partial charge in [-0.3, -0.25) is 4.79 Å². The summed E-state index contributed by atoms with van der Waals surface area (Å²) < 4.78 is 10.4. The van der Waals surface area contributed by atoms with Crippen LogP contribution in [0, 0.1) is 0 Å². The maximum atomic E-state index is 12.8. The highest BCUT2D eigenvalue weighted by atomic mass is 16.5. The maximum absolute atomic E-state index is 12.8. The molecule has 0 fully saturated rings. The van der Waals surface area contributed by atoms with Crippen molar-refractivity contribution in [2.75, 3.05) is 13.2 Å². The van der Waals surface area contributed by atoms with Crippen LogP contribution in [0.1, 0.15) is 98.3 Å². The van der Waals surface area contributed by atoms with E-state index >= 15 is 0 Å². The quantitative estimate of drug-likeness (QED) is 0.270. The van der Waals surface area contributed by atoms with Crippen LogP contribution < -0.4 is 10.6 Å². The molecule has 0 aliphatic carbocycles. The van der Waals surface area contributed by atoms with Crippen molar-refractivity contribution in [1.29, 1.82) is 0 Å². The third-order valence-corrected chi connectivity index (χ3v) is 4.58. The van der Waals surface area contributed by atoms with E-state index in [1.54, 1.807) is 0 Å². The molecule has 0 aromatic heterocycles. The molecule has 2 unspecified atom stereocenters. The van der Waals surface area contributed by atoms with Crippen molar-refractivity contribution in [2.45, 2.75) is 110 Å². The molecule has 0 spiro atoms. The Hall–Kier alpha value is -1.79. The van der Waals surface area contributed by atoms with Gasteiger partial charge in [0.15, 0.2) is 0 Å². The van der Waals surface area contributed by atoms with E-state index < -0.39 is 24.1 Å². The van der Waals surface area contributed by atoms with Crippen molar-refractivity contribution in [1.82, 2.24) is 10.6 Å². The lowest BCUT2D eigenvalue weighted by Gasteiger charge is -2.22. The summed E-state index contributed by atoms with van der Waals surface area (Å²) in [5, 5.41) is 5.42. The molecule has 2 atom stereocenters. The zero-order chi connectivity index (χ0) is 21.9. The second-order valence-corrected chi connectivity index (χ2v) is 7.41. The topological polar surface area (TPSA) is 93.7 Å². The highest BCUT2D eigenvalue weighted by molar-refractivity contribution is 5.89. The number of amides is 2. The molecule has 0 aliphatic heterocycles. The predicted octanol–water partition coefficient (Wildman–Crippen LogP) is 4.48. The minimum Gasteiger partial charge on any atom is -0.464 e. The zero-order valence-electron chi connectivity index (χ0n) is 18.9. The van der Waals surface area contributed by atoms with Gasteiger partial charge < -0.3 is 20.1 Å². The van der Waals surface area contributed by atoms with E-state index in [1.807, 2.05) is 20.8 Å². The lowest BCUT2D eigenvalue weighted by molar-refractivity contribution is -0.148. The second kappa shape index (κ2) is 18.3. The molecule has 0 radical (unpaired) electrons. The largest absolute Gasteiger partial charge is 0.464 e. The summed E-state index contributed by atoms with van der Waals surface area (Å²) in [6, 6.07) is -1.41. The van der Waals surface area contributed by atoms with Crippen molar-refractivity contribution in [3.05, 3.63) is 0 Å². The molecule has 0 aromatic carbocycles. The van der Waals surface area contributed by atoms with Gasteiger partial charge in [0.1, 0.15) is 12.1 Å². The second-order valence-electron chi connectivity index (χ2n) is 7.41. The molecule has 170 valence electrons. The lowest BCUT2D eigenvalue weighted by atomic mass is 10.1. The Kier molecular flexibility index (Phi) is 17.1. The zero-order valence-corrected chi connectivity index (χ0v) is 18.9. The van der Waals surface area contributed by atoms with E-state index in [2.05, 4.69) is 17.6 Å². The molecule has 7 heteroatoms. The molecule has 0 saturated heterocycles. The van der Waals surface area contributed by atoms with E-state index in [4.69, 9.17) is 9.47 Å². The summed E-state index contributed by atoms with van der Waals surface area (Å²) >= 11 is 0. The van der Waals surface area contributed by atoms with E-state index in [0.717, 1.165) is 51.4 Å². The van der Waals surface area contributed by atoms with Crippen LogP contribution in [0.4, 0.5) is 4.79 Å². The molecule has 0 aliphatic rings. The maximum Gasteiger partial charge on any atom is 0.407 e. The van der Waals surface area contributed by atoms with Crippen LogP contribution in [0.15, 0.2) is 0 Å². The number of hydrogen-bond donors (Lipinski definition) is 2. The van der Waals surface area contributed by atoms with Crippen LogP contribution in [0.5, 0.6) is 0 Å². The average Bonchev–Trinajstić information content (AvgIpc) is 2.71. The van der Waals surface area contributed by atoms with Crippen LogP contribution in [0.2, 0.25) is 0 Å². The van der Waals surface area contributed by atoms with Crippen LogP contribution in [0.3, 0.4) is 0 Å². The first-order valence-electron chi connectivity index (χ1n) is 11.4. The minimum atomic E-state index is -0.721. The van der Waals surface area contributed by atoms with Gasteiger partial charge in [-0.05, 0) is 25.7 Å². The van der Waals surface area contributed by atoms with Crippen LogP contribution in [-0.2, 0) is 19.1 Å². The SMILES string of the molecule is CCCCCCOC(=O)C(CCCC)NC(=O)C(CCCC)NC(=O)OCCC. The van der Waals surface area contributed by atoms with Crippen molar-refractivity contribution in [2.24, 2.45) is 0 Å².